The number of nitrogens with one attached hydrogen (secondary N) is 3. The van der Waals surface area contributed by atoms with Crippen LogP contribution in [0.5, 0.6) is 0 Å². The molecule has 0 aromatic heterocycles. The molecule has 248 valence electrons. The summed E-state index contributed by atoms with van der Waals surface area (Å²) in [5.74, 6) is -1.56. The van der Waals surface area contributed by atoms with Crippen LogP contribution in [0.25, 0.3) is 5.57 Å². The summed E-state index contributed by atoms with van der Waals surface area (Å²) >= 11 is 12.1. The first-order valence-corrected chi connectivity index (χ1v) is 15.3. The molecule has 0 unspecified atom stereocenters. The molecule has 0 bridgehead atoms. The molecule has 13 heteroatoms. The van der Waals surface area contributed by atoms with E-state index in [0.29, 0.717) is 11.3 Å². The van der Waals surface area contributed by atoms with Crippen molar-refractivity contribution in [2.45, 2.75) is 32.6 Å². The fourth-order valence-corrected chi connectivity index (χ4v) is 4.03. The van der Waals surface area contributed by atoms with E-state index in [4.69, 9.17) is 33.7 Å². The number of aliphatic imine (C=N–C) groups is 1. The van der Waals surface area contributed by atoms with Crippen molar-refractivity contribution in [3.63, 3.8) is 0 Å². The Morgan fingerprint density at radius 3 is 2.37 bits per heavy atom. The molecule has 0 aliphatic rings. The molecule has 4 amide bonds. The zero-order valence-corrected chi connectivity index (χ0v) is 27.7. The standard InChI is InChI=1S/C33H42Cl2N6O5/c1-5-6-7-13-20-46-33(45)40-32(36)39-25(3)14-11-12-17-30(43)41(4)23-29(42)37-18-19-38-31(44)27(22-34)28(35)21-24(2)26-15-9-8-10-16-26/h8-12,14-17,21-22H,2-3,5-7,13,18-20,23H2,1,4H3,(H,37,42)(H,38,44)(H3,36,39,40,45)/b14-11-,17-12+,27-22-,28-21+. The predicted octanol–water partition coefficient (Wildman–Crippen LogP) is 4.88. The summed E-state index contributed by atoms with van der Waals surface area (Å²) in [4.78, 5) is 53.6. The molecular weight excluding hydrogens is 631 g/mol. The Bertz CT molecular complexity index is 1370. The van der Waals surface area contributed by atoms with Gasteiger partial charge in [-0.25, -0.2) is 4.79 Å². The van der Waals surface area contributed by atoms with Gasteiger partial charge in [0.1, 0.15) is 0 Å². The maximum atomic E-state index is 12.5. The zero-order valence-electron chi connectivity index (χ0n) is 26.2. The van der Waals surface area contributed by atoms with Gasteiger partial charge in [0, 0.05) is 37.4 Å². The van der Waals surface area contributed by atoms with Crippen molar-refractivity contribution >= 4 is 58.5 Å². The van der Waals surface area contributed by atoms with Crippen molar-refractivity contribution in [2.24, 2.45) is 10.7 Å². The minimum absolute atomic E-state index is 0.0436. The number of amides is 4. The molecule has 0 saturated carbocycles. The highest BCUT2D eigenvalue weighted by molar-refractivity contribution is 6.38. The van der Waals surface area contributed by atoms with E-state index in [1.54, 1.807) is 6.08 Å². The van der Waals surface area contributed by atoms with Crippen LogP contribution in [0.2, 0.25) is 0 Å². The third-order valence-corrected chi connectivity index (χ3v) is 6.45. The van der Waals surface area contributed by atoms with Gasteiger partial charge < -0.3 is 31.3 Å². The molecule has 11 nitrogen and oxygen atoms in total. The van der Waals surface area contributed by atoms with Crippen molar-refractivity contribution in [3.05, 3.63) is 101 Å². The first-order valence-electron chi connectivity index (χ1n) is 14.5. The summed E-state index contributed by atoms with van der Waals surface area (Å²) in [5, 5.41) is 7.99. The van der Waals surface area contributed by atoms with Gasteiger partial charge in [-0.05, 0) is 29.7 Å². The summed E-state index contributed by atoms with van der Waals surface area (Å²) < 4.78 is 4.99. The van der Waals surface area contributed by atoms with Gasteiger partial charge in [0.2, 0.25) is 17.8 Å². The van der Waals surface area contributed by atoms with E-state index in [0.717, 1.165) is 36.8 Å². The second-order valence-electron chi connectivity index (χ2n) is 9.75. The summed E-state index contributed by atoms with van der Waals surface area (Å²) in [6, 6.07) is 9.31. The van der Waals surface area contributed by atoms with Crippen LogP contribution < -0.4 is 21.7 Å². The van der Waals surface area contributed by atoms with Crippen molar-refractivity contribution in [1.29, 1.82) is 0 Å². The smallest absolute Gasteiger partial charge is 0.436 e. The Morgan fingerprint density at radius 1 is 1.02 bits per heavy atom. The van der Waals surface area contributed by atoms with Crippen LogP contribution in [0.4, 0.5) is 4.79 Å². The average molecular weight is 674 g/mol. The minimum atomic E-state index is -0.794. The van der Waals surface area contributed by atoms with Gasteiger partial charge in [0.15, 0.2) is 0 Å². The van der Waals surface area contributed by atoms with E-state index in [2.05, 4.69) is 41.0 Å². The lowest BCUT2D eigenvalue weighted by Crippen LogP contribution is -2.41. The van der Waals surface area contributed by atoms with Gasteiger partial charge in [-0.15, -0.1) is 4.99 Å². The predicted molar refractivity (Wildman–Crippen MR) is 185 cm³/mol. The van der Waals surface area contributed by atoms with E-state index >= 15 is 0 Å². The highest BCUT2D eigenvalue weighted by Gasteiger charge is 2.14. The highest BCUT2D eigenvalue weighted by atomic mass is 35.5. The Kier molecular flexibility index (Phi) is 19.6. The molecule has 1 rings (SSSR count). The monoisotopic (exact) mass is 672 g/mol. The first-order chi connectivity index (χ1) is 22.0. The fraction of sp³-hybridized carbons (Fsp3) is 0.303. The van der Waals surface area contributed by atoms with E-state index in [-0.39, 0.29) is 42.8 Å². The summed E-state index contributed by atoms with van der Waals surface area (Å²) in [6.07, 6.45) is 10.4. The van der Waals surface area contributed by atoms with Crippen LogP contribution in [-0.4, -0.2) is 68.0 Å². The maximum Gasteiger partial charge on any atom is 0.436 e. The molecule has 0 saturated heterocycles. The molecule has 0 fully saturated rings. The SMILES string of the molecule is C=C(/C=C\C=C\C(=O)N(C)CC(=O)NCCNC(=O)C(=C\Cl)/C(Cl)=C\C(=C)c1ccccc1)N/C(N)=N/C(=O)OCCCCCC. The number of ether oxygens (including phenoxy) is 1. The van der Waals surface area contributed by atoms with Gasteiger partial charge in [-0.1, -0.05) is 105 Å². The molecule has 0 spiro atoms. The summed E-state index contributed by atoms with van der Waals surface area (Å²) in [6.45, 7) is 10.1. The third kappa shape index (κ3) is 17.0. The van der Waals surface area contributed by atoms with E-state index in [1.807, 2.05) is 30.3 Å². The normalized spacial score (nSPS) is 12.1. The number of nitrogens with two attached hydrogens (primary N) is 1. The fourth-order valence-electron chi connectivity index (χ4n) is 3.49. The van der Waals surface area contributed by atoms with Gasteiger partial charge in [0.05, 0.1) is 23.8 Å². The van der Waals surface area contributed by atoms with Crippen molar-refractivity contribution in [3.8, 4) is 0 Å². The first kappa shape index (κ1) is 39.4. The summed E-state index contributed by atoms with van der Waals surface area (Å²) in [5.41, 5.74) is 8.55. The lowest BCUT2D eigenvalue weighted by molar-refractivity contribution is -0.131. The number of benzene rings is 1. The van der Waals surface area contributed by atoms with Crippen molar-refractivity contribution in [2.75, 3.05) is 33.3 Å². The van der Waals surface area contributed by atoms with E-state index < -0.39 is 23.8 Å². The quantitative estimate of drug-likeness (QED) is 0.0569. The minimum Gasteiger partial charge on any atom is -0.448 e. The number of hydrogen-bond donors (Lipinski definition) is 4. The van der Waals surface area contributed by atoms with Gasteiger partial charge in [-0.2, -0.15) is 0 Å². The largest absolute Gasteiger partial charge is 0.448 e. The molecule has 0 aliphatic heterocycles. The summed E-state index contributed by atoms with van der Waals surface area (Å²) in [7, 11) is 1.47. The van der Waals surface area contributed by atoms with E-state index in [9.17, 15) is 19.2 Å². The average Bonchev–Trinajstić information content (AvgIpc) is 3.01. The Balaban J connectivity index is 2.39. The van der Waals surface area contributed by atoms with Crippen LogP contribution >= 0.6 is 23.2 Å². The van der Waals surface area contributed by atoms with Crippen molar-refractivity contribution in [1.82, 2.24) is 20.9 Å². The second-order valence-corrected chi connectivity index (χ2v) is 10.4. The number of guanidine groups is 1. The number of allylic oxidation sites excluding steroid dienone is 5. The van der Waals surface area contributed by atoms with Gasteiger partial charge in [0.25, 0.3) is 5.91 Å². The van der Waals surface area contributed by atoms with E-state index in [1.165, 1.54) is 36.3 Å². The lowest BCUT2D eigenvalue weighted by Gasteiger charge is -2.15. The Hall–Kier alpha value is -4.61. The van der Waals surface area contributed by atoms with Crippen LogP contribution in [0.15, 0.2) is 101 Å². The highest BCUT2D eigenvalue weighted by Crippen LogP contribution is 2.22. The van der Waals surface area contributed by atoms with Gasteiger partial charge >= 0.3 is 6.09 Å². The van der Waals surface area contributed by atoms with Crippen LogP contribution in [0.3, 0.4) is 0 Å². The number of halogens is 2. The van der Waals surface area contributed by atoms with Crippen molar-refractivity contribution < 1.29 is 23.9 Å². The number of carbonyl (C=O) groups is 4. The molecule has 0 heterocycles. The number of hydrogen-bond acceptors (Lipinski definition) is 5. The van der Waals surface area contributed by atoms with Crippen LogP contribution in [0.1, 0.15) is 38.2 Å². The Labute approximate surface area is 280 Å². The second kappa shape index (κ2) is 22.8. The third-order valence-electron chi connectivity index (χ3n) is 5.92. The number of nitrogens with zero attached hydrogens (tertiary/aromatic N) is 2. The molecule has 0 atom stereocenters. The number of likely N-dealkylation sites (N-methyl/N-ethyl adjacent to an activating group) is 1. The van der Waals surface area contributed by atoms with Crippen LogP contribution in [0, 0.1) is 0 Å². The molecule has 5 N–H and O–H groups in total. The molecule has 0 radical (unpaired) electrons. The molecular formula is C33H42Cl2N6O5. The Morgan fingerprint density at radius 2 is 1.70 bits per heavy atom. The zero-order chi connectivity index (χ0) is 34.3. The number of rotatable bonds is 18. The molecule has 46 heavy (non-hydrogen) atoms. The van der Waals surface area contributed by atoms with Crippen LogP contribution in [-0.2, 0) is 19.1 Å². The number of unbranched alkanes of at least 4 members (excludes halogenated alkanes) is 3. The number of carbonyl (C=O) groups excluding carboxylic acids is 4. The lowest BCUT2D eigenvalue weighted by atomic mass is 10.1. The topological polar surface area (TPSA) is 155 Å². The molecule has 1 aromatic carbocycles. The molecule has 0 aliphatic carbocycles. The molecule has 1 aromatic rings. The maximum absolute atomic E-state index is 12.5. The van der Waals surface area contributed by atoms with Gasteiger partial charge in [-0.3, -0.25) is 14.4 Å².